The molecule has 0 fully saturated rings. The van der Waals surface area contributed by atoms with Crippen molar-refractivity contribution in [3.8, 4) is 5.69 Å². The maximum Gasteiger partial charge on any atom is 0.143 e. The van der Waals surface area contributed by atoms with Gasteiger partial charge in [-0.2, -0.15) is 5.10 Å². The minimum absolute atomic E-state index is 0.0679. The van der Waals surface area contributed by atoms with Crippen molar-refractivity contribution in [1.82, 2.24) is 9.78 Å². The average Bonchev–Trinajstić information content (AvgIpc) is 2.70. The Kier molecular flexibility index (Phi) is 4.71. The predicted molar refractivity (Wildman–Crippen MR) is 77.1 cm³/mol. The van der Waals surface area contributed by atoms with Crippen molar-refractivity contribution in [2.24, 2.45) is 0 Å². The molecule has 19 heavy (non-hydrogen) atoms. The Bertz CT molecular complexity index is 596. The second-order valence-corrected chi connectivity index (χ2v) is 5.14. The van der Waals surface area contributed by atoms with Crippen molar-refractivity contribution in [1.29, 1.82) is 0 Å². The molecule has 2 rings (SSSR count). The molecule has 0 unspecified atom stereocenters. The highest BCUT2D eigenvalue weighted by atomic mass is 35.5. The molecule has 0 aliphatic heterocycles. The molecular weight excluding hydrogens is 310 g/mol. The Morgan fingerprint density at radius 3 is 2.63 bits per heavy atom. The van der Waals surface area contributed by atoms with Crippen molar-refractivity contribution in [2.45, 2.75) is 25.6 Å². The minimum atomic E-state index is -0.504. The number of halogens is 4. The first-order valence-electron chi connectivity index (χ1n) is 5.86. The van der Waals surface area contributed by atoms with Crippen molar-refractivity contribution in [3.05, 3.63) is 45.4 Å². The molecule has 0 bridgehead atoms. The van der Waals surface area contributed by atoms with Crippen LogP contribution in [-0.2, 0) is 12.3 Å². The van der Waals surface area contributed by atoms with Crippen LogP contribution >= 0.6 is 34.8 Å². The topological polar surface area (TPSA) is 17.8 Å². The smallest absolute Gasteiger partial charge is 0.143 e. The number of aromatic nitrogens is 2. The zero-order valence-electron chi connectivity index (χ0n) is 10.3. The standard InChI is InChI=1S/C13H12Cl3FN2/c1-2-3-12-9(7-14)13(16)19(18-12)8-4-5-10(15)11(17)6-8/h4-6H,2-3,7H2,1H3. The lowest BCUT2D eigenvalue weighted by Crippen LogP contribution is -1.98. The maximum atomic E-state index is 13.5. The largest absolute Gasteiger partial charge is 0.222 e. The van der Waals surface area contributed by atoms with Gasteiger partial charge in [-0.1, -0.05) is 36.5 Å². The SMILES string of the molecule is CCCc1nn(-c2ccc(Cl)c(F)c2)c(Cl)c1CCl. The molecule has 0 saturated carbocycles. The third-order valence-corrected chi connectivity index (χ3v) is 3.73. The number of aryl methyl sites for hydroxylation is 1. The zero-order valence-corrected chi connectivity index (χ0v) is 12.5. The summed E-state index contributed by atoms with van der Waals surface area (Å²) in [6, 6.07) is 4.44. The molecule has 0 saturated heterocycles. The Labute approximate surface area is 126 Å². The summed E-state index contributed by atoms with van der Waals surface area (Å²) >= 11 is 17.8. The Morgan fingerprint density at radius 1 is 1.32 bits per heavy atom. The van der Waals surface area contributed by atoms with E-state index in [4.69, 9.17) is 34.8 Å². The molecule has 2 aromatic rings. The van der Waals surface area contributed by atoms with Crippen LogP contribution in [0.15, 0.2) is 18.2 Å². The molecule has 1 aromatic carbocycles. The van der Waals surface area contributed by atoms with Gasteiger partial charge < -0.3 is 0 Å². The Hall–Kier alpha value is -0.770. The number of alkyl halides is 1. The van der Waals surface area contributed by atoms with Crippen molar-refractivity contribution >= 4 is 34.8 Å². The summed E-state index contributed by atoms with van der Waals surface area (Å²) in [6.45, 7) is 2.05. The van der Waals surface area contributed by atoms with E-state index in [1.54, 1.807) is 6.07 Å². The van der Waals surface area contributed by atoms with E-state index in [0.29, 0.717) is 10.8 Å². The fourth-order valence-corrected chi connectivity index (χ4v) is 2.61. The summed E-state index contributed by atoms with van der Waals surface area (Å²) in [5.41, 5.74) is 2.17. The van der Waals surface area contributed by atoms with E-state index >= 15 is 0 Å². The van der Waals surface area contributed by atoms with E-state index in [-0.39, 0.29) is 10.9 Å². The van der Waals surface area contributed by atoms with Gasteiger partial charge in [-0.25, -0.2) is 9.07 Å². The summed E-state index contributed by atoms with van der Waals surface area (Å²) in [7, 11) is 0. The monoisotopic (exact) mass is 320 g/mol. The van der Waals surface area contributed by atoms with Gasteiger partial charge in [0, 0.05) is 11.6 Å². The molecule has 0 aliphatic carbocycles. The summed E-state index contributed by atoms with van der Waals surface area (Å²) < 4.78 is 15.0. The molecule has 0 amide bonds. The van der Waals surface area contributed by atoms with E-state index in [1.807, 2.05) is 6.92 Å². The van der Waals surface area contributed by atoms with Gasteiger partial charge in [0.15, 0.2) is 0 Å². The first-order chi connectivity index (χ1) is 9.08. The molecule has 102 valence electrons. The summed E-state index contributed by atoms with van der Waals surface area (Å²) in [5, 5.41) is 4.89. The molecule has 0 atom stereocenters. The summed E-state index contributed by atoms with van der Waals surface area (Å²) in [4.78, 5) is 0. The molecule has 0 spiro atoms. The molecular formula is C13H12Cl3FN2. The number of hydrogen-bond acceptors (Lipinski definition) is 1. The molecule has 6 heteroatoms. The van der Waals surface area contributed by atoms with Crippen molar-refractivity contribution < 1.29 is 4.39 Å². The quantitative estimate of drug-likeness (QED) is 0.724. The molecule has 2 nitrogen and oxygen atoms in total. The second kappa shape index (κ2) is 6.12. The van der Waals surface area contributed by atoms with E-state index in [0.717, 1.165) is 24.1 Å². The van der Waals surface area contributed by atoms with E-state index in [2.05, 4.69) is 5.10 Å². The van der Waals surface area contributed by atoms with Gasteiger partial charge in [-0.15, -0.1) is 11.6 Å². The van der Waals surface area contributed by atoms with Crippen LogP contribution in [0.5, 0.6) is 0 Å². The summed E-state index contributed by atoms with van der Waals surface area (Å²) in [5.74, 6) is -0.222. The molecule has 1 aromatic heterocycles. The zero-order chi connectivity index (χ0) is 14.0. The van der Waals surface area contributed by atoms with Gasteiger partial charge in [0.2, 0.25) is 0 Å². The highest BCUT2D eigenvalue weighted by Crippen LogP contribution is 2.27. The lowest BCUT2D eigenvalue weighted by molar-refractivity contribution is 0.625. The predicted octanol–water partition coefficient (Wildman–Crippen LogP) is 5.01. The van der Waals surface area contributed by atoms with Crippen LogP contribution in [0.25, 0.3) is 5.69 Å². The average molecular weight is 322 g/mol. The number of hydrogen-bond donors (Lipinski definition) is 0. The Balaban J connectivity index is 2.52. The lowest BCUT2D eigenvalue weighted by atomic mass is 10.2. The minimum Gasteiger partial charge on any atom is -0.222 e. The molecule has 0 radical (unpaired) electrons. The Morgan fingerprint density at radius 2 is 2.05 bits per heavy atom. The van der Waals surface area contributed by atoms with E-state index in [1.165, 1.54) is 16.8 Å². The first kappa shape index (κ1) is 14.6. The van der Waals surface area contributed by atoms with Gasteiger partial charge >= 0.3 is 0 Å². The number of rotatable bonds is 4. The van der Waals surface area contributed by atoms with Gasteiger partial charge in [0.1, 0.15) is 11.0 Å². The van der Waals surface area contributed by atoms with Crippen LogP contribution in [0, 0.1) is 5.82 Å². The highest BCUT2D eigenvalue weighted by Gasteiger charge is 2.16. The number of benzene rings is 1. The summed E-state index contributed by atoms with van der Waals surface area (Å²) in [6.07, 6.45) is 1.72. The molecule has 1 heterocycles. The number of nitrogens with zero attached hydrogens (tertiary/aromatic N) is 2. The third kappa shape index (κ3) is 2.88. The van der Waals surface area contributed by atoms with Gasteiger partial charge in [0.05, 0.1) is 22.3 Å². The normalized spacial score (nSPS) is 11.0. The van der Waals surface area contributed by atoms with E-state index in [9.17, 15) is 4.39 Å². The van der Waals surface area contributed by atoms with Crippen LogP contribution in [-0.4, -0.2) is 9.78 Å². The maximum absolute atomic E-state index is 13.5. The lowest BCUT2D eigenvalue weighted by Gasteiger charge is -2.04. The van der Waals surface area contributed by atoms with Crippen LogP contribution in [0.1, 0.15) is 24.6 Å². The van der Waals surface area contributed by atoms with Gasteiger partial charge in [-0.3, -0.25) is 0 Å². The van der Waals surface area contributed by atoms with E-state index < -0.39 is 5.82 Å². The second-order valence-electron chi connectivity index (χ2n) is 4.11. The highest BCUT2D eigenvalue weighted by molar-refractivity contribution is 6.32. The third-order valence-electron chi connectivity index (χ3n) is 2.77. The van der Waals surface area contributed by atoms with Gasteiger partial charge in [-0.05, 0) is 18.6 Å². The fraction of sp³-hybridized carbons (Fsp3) is 0.308. The van der Waals surface area contributed by atoms with Crippen molar-refractivity contribution in [3.63, 3.8) is 0 Å². The molecule has 0 N–H and O–H groups in total. The van der Waals surface area contributed by atoms with Crippen LogP contribution in [0.3, 0.4) is 0 Å². The fourth-order valence-electron chi connectivity index (χ4n) is 1.83. The molecule has 0 aliphatic rings. The van der Waals surface area contributed by atoms with Crippen molar-refractivity contribution in [2.75, 3.05) is 0 Å². The van der Waals surface area contributed by atoms with Crippen LogP contribution < -0.4 is 0 Å². The van der Waals surface area contributed by atoms with Crippen LogP contribution in [0.4, 0.5) is 4.39 Å². The van der Waals surface area contributed by atoms with Crippen LogP contribution in [0.2, 0.25) is 10.2 Å². The first-order valence-corrected chi connectivity index (χ1v) is 7.15. The van der Waals surface area contributed by atoms with Gasteiger partial charge in [0.25, 0.3) is 0 Å².